The summed E-state index contributed by atoms with van der Waals surface area (Å²) in [7, 11) is 1.64. The molecule has 3 aromatic carbocycles. The SMILES string of the molecule is COc1ccc(-c2c(-c3ccc(OCC=Cc4ccccc4)cc3O)n[nH]c2C)cc1. The van der Waals surface area contributed by atoms with Crippen LogP contribution in [0, 0.1) is 6.92 Å². The van der Waals surface area contributed by atoms with E-state index in [0.717, 1.165) is 28.1 Å². The van der Waals surface area contributed by atoms with E-state index in [1.54, 1.807) is 13.2 Å². The van der Waals surface area contributed by atoms with Crippen LogP contribution in [0.2, 0.25) is 0 Å². The number of phenols is 1. The summed E-state index contributed by atoms with van der Waals surface area (Å²) >= 11 is 0. The summed E-state index contributed by atoms with van der Waals surface area (Å²) < 4.78 is 11.0. The number of methoxy groups -OCH3 is 1. The van der Waals surface area contributed by atoms with Gasteiger partial charge in [-0.3, -0.25) is 5.10 Å². The van der Waals surface area contributed by atoms with Crippen molar-refractivity contribution in [3.63, 3.8) is 0 Å². The van der Waals surface area contributed by atoms with Crippen molar-refractivity contribution in [2.75, 3.05) is 13.7 Å². The number of hydrogen-bond acceptors (Lipinski definition) is 4. The van der Waals surface area contributed by atoms with Gasteiger partial charge in [-0.25, -0.2) is 0 Å². The molecular weight excluding hydrogens is 388 g/mol. The van der Waals surface area contributed by atoms with Gasteiger partial charge >= 0.3 is 0 Å². The molecule has 5 heteroatoms. The first-order valence-electron chi connectivity index (χ1n) is 10.0. The quantitative estimate of drug-likeness (QED) is 0.399. The zero-order valence-corrected chi connectivity index (χ0v) is 17.5. The lowest BCUT2D eigenvalue weighted by Crippen LogP contribution is -1.94. The lowest BCUT2D eigenvalue weighted by atomic mass is 9.98. The predicted octanol–water partition coefficient (Wildman–Crippen LogP) is 5.86. The third-order valence-electron chi connectivity index (χ3n) is 5.01. The number of ether oxygens (including phenoxy) is 2. The molecular formula is C26H24N2O3. The molecule has 156 valence electrons. The molecule has 4 rings (SSSR count). The molecule has 2 N–H and O–H groups in total. The fourth-order valence-corrected chi connectivity index (χ4v) is 3.43. The van der Waals surface area contributed by atoms with Gasteiger partial charge in [-0.05, 0) is 48.4 Å². The molecule has 0 fully saturated rings. The van der Waals surface area contributed by atoms with Crippen LogP contribution in [-0.2, 0) is 0 Å². The Morgan fingerprint density at radius 1 is 0.968 bits per heavy atom. The van der Waals surface area contributed by atoms with E-state index >= 15 is 0 Å². The molecule has 0 unspecified atom stereocenters. The zero-order chi connectivity index (χ0) is 21.6. The average Bonchev–Trinajstić information content (AvgIpc) is 3.18. The van der Waals surface area contributed by atoms with Gasteiger partial charge in [-0.1, -0.05) is 48.5 Å². The molecule has 0 saturated heterocycles. The highest BCUT2D eigenvalue weighted by Gasteiger charge is 2.17. The van der Waals surface area contributed by atoms with E-state index in [1.807, 2.05) is 85.8 Å². The highest BCUT2D eigenvalue weighted by atomic mass is 16.5. The van der Waals surface area contributed by atoms with E-state index in [1.165, 1.54) is 0 Å². The summed E-state index contributed by atoms with van der Waals surface area (Å²) in [6.45, 7) is 2.37. The molecule has 1 heterocycles. The third kappa shape index (κ3) is 4.61. The number of phenolic OH excluding ortho intramolecular Hbond substituents is 1. The van der Waals surface area contributed by atoms with Gasteiger partial charge in [0, 0.05) is 22.9 Å². The number of aryl methyl sites for hydroxylation is 1. The molecule has 4 aromatic rings. The van der Waals surface area contributed by atoms with Gasteiger partial charge in [-0.2, -0.15) is 5.10 Å². The molecule has 0 saturated carbocycles. The molecule has 0 aliphatic heterocycles. The van der Waals surface area contributed by atoms with Crippen molar-refractivity contribution in [1.29, 1.82) is 0 Å². The number of rotatable bonds is 7. The largest absolute Gasteiger partial charge is 0.507 e. The standard InChI is InChI=1S/C26H24N2O3/c1-18-25(20-10-12-21(30-2)13-11-20)26(28-27-18)23-15-14-22(17-24(23)29)31-16-6-9-19-7-4-3-5-8-19/h3-15,17,29H,16H2,1-2H3,(H,27,28). The molecule has 0 aliphatic carbocycles. The lowest BCUT2D eigenvalue weighted by Gasteiger charge is -2.09. The van der Waals surface area contributed by atoms with Crippen LogP contribution >= 0.6 is 0 Å². The number of benzene rings is 3. The Balaban J connectivity index is 1.53. The van der Waals surface area contributed by atoms with Crippen molar-refractivity contribution >= 4 is 6.08 Å². The van der Waals surface area contributed by atoms with E-state index in [2.05, 4.69) is 10.2 Å². The summed E-state index contributed by atoms with van der Waals surface area (Å²) in [5.74, 6) is 1.50. The highest BCUT2D eigenvalue weighted by molar-refractivity contribution is 5.85. The summed E-state index contributed by atoms with van der Waals surface area (Å²) in [6.07, 6.45) is 3.95. The number of H-pyrrole nitrogens is 1. The first kappa shape index (κ1) is 20.3. The van der Waals surface area contributed by atoms with Gasteiger partial charge in [0.2, 0.25) is 0 Å². The summed E-state index contributed by atoms with van der Waals surface area (Å²) in [6, 6.07) is 23.1. The average molecular weight is 412 g/mol. The van der Waals surface area contributed by atoms with E-state index in [4.69, 9.17) is 9.47 Å². The first-order valence-corrected chi connectivity index (χ1v) is 10.0. The van der Waals surface area contributed by atoms with Crippen molar-refractivity contribution < 1.29 is 14.6 Å². The fourth-order valence-electron chi connectivity index (χ4n) is 3.43. The number of aromatic nitrogens is 2. The zero-order valence-electron chi connectivity index (χ0n) is 17.5. The van der Waals surface area contributed by atoms with Gasteiger partial charge in [0.05, 0.1) is 7.11 Å². The maximum absolute atomic E-state index is 10.7. The van der Waals surface area contributed by atoms with E-state index in [-0.39, 0.29) is 5.75 Å². The van der Waals surface area contributed by atoms with Gasteiger partial charge in [0.1, 0.15) is 29.5 Å². The lowest BCUT2D eigenvalue weighted by molar-refractivity contribution is 0.360. The Morgan fingerprint density at radius 3 is 2.42 bits per heavy atom. The van der Waals surface area contributed by atoms with Crippen LogP contribution in [0.5, 0.6) is 17.2 Å². The van der Waals surface area contributed by atoms with Crippen molar-refractivity contribution in [1.82, 2.24) is 10.2 Å². The van der Waals surface area contributed by atoms with Crippen LogP contribution in [-0.4, -0.2) is 29.0 Å². The minimum atomic E-state index is 0.116. The van der Waals surface area contributed by atoms with Crippen molar-refractivity contribution in [3.8, 4) is 39.6 Å². The van der Waals surface area contributed by atoms with Gasteiger partial charge in [0.15, 0.2) is 0 Å². The Labute approximate surface area is 181 Å². The first-order chi connectivity index (χ1) is 15.2. The minimum Gasteiger partial charge on any atom is -0.507 e. The Bertz CT molecular complexity index is 1180. The van der Waals surface area contributed by atoms with E-state index < -0.39 is 0 Å². The van der Waals surface area contributed by atoms with Crippen LogP contribution < -0.4 is 9.47 Å². The van der Waals surface area contributed by atoms with Crippen molar-refractivity contribution in [2.24, 2.45) is 0 Å². The van der Waals surface area contributed by atoms with Crippen molar-refractivity contribution in [3.05, 3.63) is 90.1 Å². The minimum absolute atomic E-state index is 0.116. The van der Waals surface area contributed by atoms with E-state index in [0.29, 0.717) is 23.6 Å². The fraction of sp³-hybridized carbons (Fsp3) is 0.115. The summed E-state index contributed by atoms with van der Waals surface area (Å²) in [5.41, 5.74) is 5.30. The molecule has 0 bridgehead atoms. The van der Waals surface area contributed by atoms with Crippen LogP contribution in [0.15, 0.2) is 78.9 Å². The van der Waals surface area contributed by atoms with Crippen LogP contribution in [0.4, 0.5) is 0 Å². The van der Waals surface area contributed by atoms with Gasteiger partial charge < -0.3 is 14.6 Å². The highest BCUT2D eigenvalue weighted by Crippen LogP contribution is 2.39. The Kier molecular flexibility index (Phi) is 6.03. The Hall–Kier alpha value is -3.99. The smallest absolute Gasteiger partial charge is 0.128 e. The Morgan fingerprint density at radius 2 is 1.71 bits per heavy atom. The number of nitrogens with zero attached hydrogens (tertiary/aromatic N) is 1. The second kappa shape index (κ2) is 9.22. The van der Waals surface area contributed by atoms with Gasteiger partial charge in [0.25, 0.3) is 0 Å². The topological polar surface area (TPSA) is 67.4 Å². The number of hydrogen-bond donors (Lipinski definition) is 2. The molecule has 0 amide bonds. The molecule has 0 atom stereocenters. The maximum Gasteiger partial charge on any atom is 0.128 e. The van der Waals surface area contributed by atoms with Crippen LogP contribution in [0.1, 0.15) is 11.3 Å². The summed E-state index contributed by atoms with van der Waals surface area (Å²) in [4.78, 5) is 0. The predicted molar refractivity (Wildman–Crippen MR) is 123 cm³/mol. The number of aromatic amines is 1. The number of nitrogens with one attached hydrogen (secondary N) is 1. The maximum atomic E-state index is 10.7. The normalized spacial score (nSPS) is 11.0. The van der Waals surface area contributed by atoms with Gasteiger partial charge in [-0.15, -0.1) is 0 Å². The second-order valence-electron chi connectivity index (χ2n) is 7.10. The molecule has 0 radical (unpaired) electrons. The molecule has 0 spiro atoms. The van der Waals surface area contributed by atoms with Crippen LogP contribution in [0.25, 0.3) is 28.5 Å². The van der Waals surface area contributed by atoms with E-state index in [9.17, 15) is 5.11 Å². The monoisotopic (exact) mass is 412 g/mol. The number of aromatic hydroxyl groups is 1. The molecule has 31 heavy (non-hydrogen) atoms. The third-order valence-corrected chi connectivity index (χ3v) is 5.01. The molecule has 0 aliphatic rings. The summed E-state index contributed by atoms with van der Waals surface area (Å²) in [5, 5.41) is 18.1. The van der Waals surface area contributed by atoms with Crippen LogP contribution in [0.3, 0.4) is 0 Å². The molecule has 5 nitrogen and oxygen atoms in total. The second-order valence-corrected chi connectivity index (χ2v) is 7.10. The van der Waals surface area contributed by atoms with Crippen molar-refractivity contribution in [2.45, 2.75) is 6.92 Å². The molecule has 1 aromatic heterocycles.